The van der Waals surface area contributed by atoms with Gasteiger partial charge in [-0.2, -0.15) is 0 Å². The number of sulfonamides is 1. The monoisotopic (exact) mass is 388 g/mol. The van der Waals surface area contributed by atoms with E-state index in [-0.39, 0.29) is 18.0 Å². The lowest BCUT2D eigenvalue weighted by molar-refractivity contribution is 0.428. The first-order valence-electron chi connectivity index (χ1n) is 9.00. The number of nitrogens with one attached hydrogen (secondary N) is 2. The van der Waals surface area contributed by atoms with Crippen molar-refractivity contribution in [3.05, 3.63) is 57.8 Å². The van der Waals surface area contributed by atoms with Gasteiger partial charge in [0.15, 0.2) is 0 Å². The van der Waals surface area contributed by atoms with Gasteiger partial charge in [0.25, 0.3) is 0 Å². The molecule has 1 aromatic heterocycles. The highest BCUT2D eigenvalue weighted by Gasteiger charge is 2.39. The van der Waals surface area contributed by atoms with Crippen molar-refractivity contribution in [3.63, 3.8) is 0 Å². The number of hydrogen-bond acceptors (Lipinski definition) is 4. The van der Waals surface area contributed by atoms with Crippen molar-refractivity contribution in [1.82, 2.24) is 4.72 Å². The van der Waals surface area contributed by atoms with Crippen LogP contribution in [0.4, 0.5) is 5.69 Å². The van der Waals surface area contributed by atoms with Crippen LogP contribution in [-0.4, -0.2) is 14.5 Å². The Kier molecular flexibility index (Phi) is 4.45. The molecule has 0 radical (unpaired) electrons. The second kappa shape index (κ2) is 6.51. The molecule has 3 unspecified atom stereocenters. The molecule has 0 spiro atoms. The Hall–Kier alpha value is -1.63. The van der Waals surface area contributed by atoms with Crippen molar-refractivity contribution in [1.29, 1.82) is 0 Å². The van der Waals surface area contributed by atoms with Crippen LogP contribution in [-0.2, 0) is 10.0 Å². The third-order valence-corrected chi connectivity index (χ3v) is 7.98. The topological polar surface area (TPSA) is 58.2 Å². The minimum absolute atomic E-state index is 0.125. The van der Waals surface area contributed by atoms with E-state index in [9.17, 15) is 8.42 Å². The molecule has 1 aliphatic heterocycles. The largest absolute Gasteiger partial charge is 0.377 e. The molecule has 26 heavy (non-hydrogen) atoms. The third-order valence-electron chi connectivity index (χ3n) is 5.22. The van der Waals surface area contributed by atoms with E-state index >= 15 is 0 Å². The summed E-state index contributed by atoms with van der Waals surface area (Å²) in [5.41, 5.74) is 3.45. The molecule has 2 N–H and O–H groups in total. The van der Waals surface area contributed by atoms with Gasteiger partial charge < -0.3 is 5.32 Å². The van der Waals surface area contributed by atoms with Crippen molar-refractivity contribution in [2.75, 3.05) is 5.32 Å². The lowest BCUT2D eigenvalue weighted by Crippen LogP contribution is -2.31. The van der Waals surface area contributed by atoms with E-state index < -0.39 is 10.0 Å². The quantitative estimate of drug-likeness (QED) is 0.755. The van der Waals surface area contributed by atoms with Gasteiger partial charge in [-0.25, -0.2) is 13.1 Å². The Morgan fingerprint density at radius 1 is 1.27 bits per heavy atom. The zero-order valence-corrected chi connectivity index (χ0v) is 16.8. The SMILES string of the molecule is Cc1ccsc1C1Nc2ccc(S(=O)(=O)NC(C)C)cc2C2C=CCC21. The number of rotatable bonds is 4. The molecule has 0 fully saturated rings. The maximum atomic E-state index is 12.6. The molecule has 138 valence electrons. The van der Waals surface area contributed by atoms with E-state index in [1.807, 2.05) is 26.0 Å². The molecule has 0 bridgehead atoms. The first kappa shape index (κ1) is 17.8. The lowest BCUT2D eigenvalue weighted by Gasteiger charge is -2.37. The van der Waals surface area contributed by atoms with Gasteiger partial charge in [-0.3, -0.25) is 0 Å². The highest BCUT2D eigenvalue weighted by atomic mass is 32.2. The van der Waals surface area contributed by atoms with Crippen LogP contribution in [0, 0.1) is 12.8 Å². The van der Waals surface area contributed by atoms with Gasteiger partial charge in [0.05, 0.1) is 10.9 Å². The first-order chi connectivity index (χ1) is 12.4. The summed E-state index contributed by atoms with van der Waals surface area (Å²) in [6.07, 6.45) is 5.49. The van der Waals surface area contributed by atoms with Crippen molar-refractivity contribution < 1.29 is 8.42 Å². The second-order valence-electron chi connectivity index (χ2n) is 7.47. The fraction of sp³-hybridized carbons (Fsp3) is 0.400. The molecular formula is C20H24N2O2S2. The molecule has 3 atom stereocenters. The van der Waals surface area contributed by atoms with Gasteiger partial charge >= 0.3 is 0 Å². The maximum Gasteiger partial charge on any atom is 0.240 e. The Morgan fingerprint density at radius 3 is 2.77 bits per heavy atom. The van der Waals surface area contributed by atoms with E-state index in [1.165, 1.54) is 10.4 Å². The summed E-state index contributed by atoms with van der Waals surface area (Å²) >= 11 is 1.80. The fourth-order valence-electron chi connectivity index (χ4n) is 4.08. The van der Waals surface area contributed by atoms with Crippen molar-refractivity contribution in [2.45, 2.75) is 50.1 Å². The molecule has 6 heteroatoms. The normalized spacial score (nSPS) is 24.4. The number of aryl methyl sites for hydroxylation is 1. The summed E-state index contributed by atoms with van der Waals surface area (Å²) in [7, 11) is -3.48. The van der Waals surface area contributed by atoms with Gasteiger partial charge in [-0.05, 0) is 73.9 Å². The summed E-state index contributed by atoms with van der Waals surface area (Å²) in [5, 5.41) is 5.83. The smallest absolute Gasteiger partial charge is 0.240 e. The summed E-state index contributed by atoms with van der Waals surface area (Å²) in [5.74, 6) is 0.683. The zero-order valence-electron chi connectivity index (χ0n) is 15.2. The standard InChI is InChI=1S/C20H24N2O2S2/c1-12(2)22-26(23,24)14-7-8-18-17(11-14)15-5-4-6-16(15)19(21-18)20-13(3)9-10-25-20/h4-5,7-12,15-16,19,21-22H,6H2,1-3H3. The van der Waals surface area contributed by atoms with E-state index in [0.717, 1.165) is 17.7 Å². The van der Waals surface area contributed by atoms with E-state index in [1.54, 1.807) is 17.4 Å². The average molecular weight is 389 g/mol. The first-order valence-corrected chi connectivity index (χ1v) is 11.4. The van der Waals surface area contributed by atoms with Crippen LogP contribution in [0.3, 0.4) is 0 Å². The third kappa shape index (κ3) is 3.00. The van der Waals surface area contributed by atoms with Gasteiger partial charge in [0, 0.05) is 22.5 Å². The summed E-state index contributed by atoms with van der Waals surface area (Å²) in [6.45, 7) is 5.83. The zero-order chi connectivity index (χ0) is 18.5. The van der Waals surface area contributed by atoms with Crippen molar-refractivity contribution in [3.8, 4) is 0 Å². The Morgan fingerprint density at radius 2 is 2.08 bits per heavy atom. The van der Waals surface area contributed by atoms with Gasteiger partial charge in [0.2, 0.25) is 10.0 Å². The van der Waals surface area contributed by atoms with Crippen molar-refractivity contribution in [2.24, 2.45) is 5.92 Å². The number of thiophene rings is 1. The molecule has 4 nitrogen and oxygen atoms in total. The van der Waals surface area contributed by atoms with Crippen LogP contribution in [0.1, 0.15) is 48.2 Å². The van der Waals surface area contributed by atoms with Crippen LogP contribution in [0.25, 0.3) is 0 Å². The van der Waals surface area contributed by atoms with Crippen LogP contribution in [0.15, 0.2) is 46.7 Å². The highest BCUT2D eigenvalue weighted by molar-refractivity contribution is 7.89. The van der Waals surface area contributed by atoms with Gasteiger partial charge in [0.1, 0.15) is 0 Å². The minimum Gasteiger partial charge on any atom is -0.377 e. The van der Waals surface area contributed by atoms with E-state index in [4.69, 9.17) is 0 Å². The maximum absolute atomic E-state index is 12.6. The van der Waals surface area contributed by atoms with Gasteiger partial charge in [-0.1, -0.05) is 12.2 Å². The molecule has 1 aromatic carbocycles. The lowest BCUT2D eigenvalue weighted by atomic mass is 9.78. The minimum atomic E-state index is -3.48. The molecule has 0 saturated carbocycles. The number of benzene rings is 1. The van der Waals surface area contributed by atoms with E-state index in [2.05, 4.69) is 40.6 Å². The van der Waals surface area contributed by atoms with Crippen LogP contribution in [0.2, 0.25) is 0 Å². The molecule has 2 heterocycles. The number of anilines is 1. The van der Waals surface area contributed by atoms with Crippen LogP contribution >= 0.6 is 11.3 Å². The highest BCUT2D eigenvalue weighted by Crippen LogP contribution is 2.51. The number of allylic oxidation sites excluding steroid dienone is 2. The van der Waals surface area contributed by atoms with Crippen LogP contribution in [0.5, 0.6) is 0 Å². The summed E-state index contributed by atoms with van der Waals surface area (Å²) in [6, 6.07) is 7.79. The average Bonchev–Trinajstić information content (AvgIpc) is 3.21. The Balaban J connectivity index is 1.75. The molecular weight excluding hydrogens is 364 g/mol. The second-order valence-corrected chi connectivity index (χ2v) is 10.1. The molecule has 1 aliphatic carbocycles. The molecule has 2 aromatic rings. The number of fused-ring (bicyclic) bond motifs is 3. The van der Waals surface area contributed by atoms with E-state index in [0.29, 0.717) is 10.8 Å². The number of hydrogen-bond donors (Lipinski definition) is 2. The van der Waals surface area contributed by atoms with Crippen LogP contribution < -0.4 is 10.0 Å². The predicted molar refractivity (Wildman–Crippen MR) is 107 cm³/mol. The molecule has 0 amide bonds. The summed E-state index contributed by atoms with van der Waals surface area (Å²) in [4.78, 5) is 1.73. The molecule has 2 aliphatic rings. The fourth-order valence-corrected chi connectivity index (χ4v) is 6.42. The van der Waals surface area contributed by atoms with Crippen molar-refractivity contribution >= 4 is 27.0 Å². The Bertz CT molecular complexity index is 960. The predicted octanol–water partition coefficient (Wildman–Crippen LogP) is 4.57. The molecule has 4 rings (SSSR count). The Labute approximate surface area is 159 Å². The molecule has 0 saturated heterocycles. The van der Waals surface area contributed by atoms with Gasteiger partial charge in [-0.15, -0.1) is 11.3 Å². The summed E-state index contributed by atoms with van der Waals surface area (Å²) < 4.78 is 27.8.